The van der Waals surface area contributed by atoms with Crippen LogP contribution in [0.25, 0.3) is 10.8 Å². The monoisotopic (exact) mass is 322 g/mol. The van der Waals surface area contributed by atoms with E-state index in [1.54, 1.807) is 0 Å². The first-order valence-corrected chi connectivity index (χ1v) is 9.29. The maximum atomic E-state index is 12.1. The van der Waals surface area contributed by atoms with Gasteiger partial charge in [-0.15, -0.1) is 0 Å². The third kappa shape index (κ3) is 3.32. The van der Waals surface area contributed by atoms with E-state index < -0.39 is 0 Å². The van der Waals surface area contributed by atoms with Crippen LogP contribution in [0, 0.1) is 5.92 Å². The molecule has 1 aliphatic carbocycles. The summed E-state index contributed by atoms with van der Waals surface area (Å²) < 4.78 is 0. The van der Waals surface area contributed by atoms with Crippen LogP contribution in [0.1, 0.15) is 37.7 Å². The quantitative estimate of drug-likeness (QED) is 0.930. The van der Waals surface area contributed by atoms with Crippen LogP contribution >= 0.6 is 0 Å². The molecule has 0 unspecified atom stereocenters. The standard InChI is InChI=1S/C21H26N2O/c24-21(17-7-4-8-17)22-19-11-13-23(14-12-19)15-18-9-3-6-16-5-1-2-10-20(16)18/h1-3,5-6,9-10,17,19H,4,7-8,11-15H2,(H,22,24). The number of carbonyl (C=O) groups is 1. The molecule has 1 N–H and O–H groups in total. The van der Waals surface area contributed by atoms with E-state index in [1.807, 2.05) is 0 Å². The van der Waals surface area contributed by atoms with E-state index in [0.29, 0.717) is 17.9 Å². The van der Waals surface area contributed by atoms with Gasteiger partial charge in [0.15, 0.2) is 0 Å². The average Bonchev–Trinajstić information content (AvgIpc) is 2.55. The molecule has 0 atom stereocenters. The Hall–Kier alpha value is -1.87. The molecule has 0 aromatic heterocycles. The van der Waals surface area contributed by atoms with Crippen molar-refractivity contribution in [2.24, 2.45) is 5.92 Å². The molecule has 3 nitrogen and oxygen atoms in total. The highest BCUT2D eigenvalue weighted by molar-refractivity contribution is 5.85. The van der Waals surface area contributed by atoms with Crippen molar-refractivity contribution in [2.75, 3.05) is 13.1 Å². The molecule has 3 heteroatoms. The Bertz CT molecular complexity index is 709. The number of hydrogen-bond acceptors (Lipinski definition) is 2. The summed E-state index contributed by atoms with van der Waals surface area (Å²) in [5.74, 6) is 0.604. The van der Waals surface area contributed by atoms with Gasteiger partial charge < -0.3 is 5.32 Å². The highest BCUT2D eigenvalue weighted by atomic mass is 16.2. The second-order valence-corrected chi connectivity index (χ2v) is 7.33. The predicted octanol–water partition coefficient (Wildman–Crippen LogP) is 3.72. The van der Waals surface area contributed by atoms with Crippen molar-refractivity contribution < 1.29 is 4.79 Å². The molecular weight excluding hydrogens is 296 g/mol. The zero-order chi connectivity index (χ0) is 16.4. The van der Waals surface area contributed by atoms with Gasteiger partial charge in [0.05, 0.1) is 0 Å². The fourth-order valence-electron chi connectivity index (χ4n) is 3.90. The Labute approximate surface area is 144 Å². The second-order valence-electron chi connectivity index (χ2n) is 7.33. The van der Waals surface area contributed by atoms with Gasteiger partial charge in [-0.05, 0) is 42.0 Å². The van der Waals surface area contributed by atoms with E-state index >= 15 is 0 Å². The molecule has 1 aliphatic heterocycles. The highest BCUT2D eigenvalue weighted by Gasteiger charge is 2.28. The summed E-state index contributed by atoms with van der Waals surface area (Å²) in [6, 6.07) is 15.6. The van der Waals surface area contributed by atoms with Gasteiger partial charge in [0, 0.05) is 31.6 Å². The normalized spacial score (nSPS) is 20.0. The van der Waals surface area contributed by atoms with Gasteiger partial charge in [0.2, 0.25) is 5.91 Å². The van der Waals surface area contributed by atoms with E-state index in [4.69, 9.17) is 0 Å². The lowest BCUT2D eigenvalue weighted by molar-refractivity contribution is -0.128. The van der Waals surface area contributed by atoms with Crippen molar-refractivity contribution in [3.63, 3.8) is 0 Å². The van der Waals surface area contributed by atoms with Crippen molar-refractivity contribution in [2.45, 2.75) is 44.7 Å². The van der Waals surface area contributed by atoms with Gasteiger partial charge in [0.1, 0.15) is 0 Å². The lowest BCUT2D eigenvalue weighted by atomic mass is 9.84. The van der Waals surface area contributed by atoms with E-state index in [-0.39, 0.29) is 0 Å². The Kier molecular flexibility index (Phi) is 4.52. The summed E-state index contributed by atoms with van der Waals surface area (Å²) in [5.41, 5.74) is 1.41. The molecule has 1 amide bonds. The molecule has 1 heterocycles. The van der Waals surface area contributed by atoms with E-state index in [2.05, 4.69) is 52.7 Å². The van der Waals surface area contributed by atoms with Gasteiger partial charge in [0.25, 0.3) is 0 Å². The van der Waals surface area contributed by atoms with Crippen LogP contribution < -0.4 is 5.32 Å². The minimum Gasteiger partial charge on any atom is -0.353 e. The number of nitrogens with zero attached hydrogens (tertiary/aromatic N) is 1. The maximum absolute atomic E-state index is 12.1. The first-order valence-electron chi connectivity index (χ1n) is 9.29. The van der Waals surface area contributed by atoms with Crippen molar-refractivity contribution in [3.8, 4) is 0 Å². The van der Waals surface area contributed by atoms with E-state index in [1.165, 1.54) is 22.8 Å². The lowest BCUT2D eigenvalue weighted by Crippen LogP contribution is -2.47. The number of piperidine rings is 1. The van der Waals surface area contributed by atoms with Crippen LogP contribution in [0.15, 0.2) is 42.5 Å². The molecule has 2 fully saturated rings. The SMILES string of the molecule is O=C(NC1CCN(Cc2cccc3ccccc23)CC1)C1CCC1. The number of benzene rings is 2. The fraction of sp³-hybridized carbons (Fsp3) is 0.476. The number of amides is 1. The van der Waals surface area contributed by atoms with Crippen LogP contribution in [-0.4, -0.2) is 29.9 Å². The van der Waals surface area contributed by atoms with Crippen LogP contribution in [-0.2, 0) is 11.3 Å². The Morgan fingerprint density at radius 1 is 1.00 bits per heavy atom. The summed E-state index contributed by atoms with van der Waals surface area (Å²) in [6.07, 6.45) is 5.55. The van der Waals surface area contributed by atoms with Crippen LogP contribution in [0.5, 0.6) is 0 Å². The number of rotatable bonds is 4. The third-order valence-electron chi connectivity index (χ3n) is 5.68. The smallest absolute Gasteiger partial charge is 0.223 e. The van der Waals surface area contributed by atoms with Crippen LogP contribution in [0.2, 0.25) is 0 Å². The molecule has 1 saturated carbocycles. The fourth-order valence-corrected chi connectivity index (χ4v) is 3.90. The summed E-state index contributed by atoms with van der Waals surface area (Å²) in [6.45, 7) is 3.14. The summed E-state index contributed by atoms with van der Waals surface area (Å²) in [4.78, 5) is 14.6. The zero-order valence-corrected chi connectivity index (χ0v) is 14.2. The molecule has 4 rings (SSSR count). The van der Waals surface area contributed by atoms with Gasteiger partial charge in [-0.2, -0.15) is 0 Å². The Morgan fingerprint density at radius 2 is 1.75 bits per heavy atom. The maximum Gasteiger partial charge on any atom is 0.223 e. The number of fused-ring (bicyclic) bond motifs is 1. The van der Waals surface area contributed by atoms with Crippen molar-refractivity contribution in [1.29, 1.82) is 0 Å². The van der Waals surface area contributed by atoms with Crippen molar-refractivity contribution in [1.82, 2.24) is 10.2 Å². The molecule has 2 aliphatic rings. The molecular formula is C21H26N2O. The molecule has 2 aromatic carbocycles. The number of likely N-dealkylation sites (tertiary alicyclic amines) is 1. The third-order valence-corrected chi connectivity index (χ3v) is 5.68. The van der Waals surface area contributed by atoms with Crippen molar-refractivity contribution in [3.05, 3.63) is 48.0 Å². The molecule has 126 valence electrons. The molecule has 2 aromatic rings. The van der Waals surface area contributed by atoms with Gasteiger partial charge in [-0.1, -0.05) is 48.9 Å². The summed E-state index contributed by atoms with van der Waals surface area (Å²) >= 11 is 0. The number of carbonyl (C=O) groups excluding carboxylic acids is 1. The molecule has 24 heavy (non-hydrogen) atoms. The molecule has 0 bridgehead atoms. The predicted molar refractivity (Wildman–Crippen MR) is 97.7 cm³/mol. The van der Waals surface area contributed by atoms with Gasteiger partial charge >= 0.3 is 0 Å². The topological polar surface area (TPSA) is 32.3 Å². The van der Waals surface area contributed by atoms with Gasteiger partial charge in [-0.3, -0.25) is 9.69 Å². The zero-order valence-electron chi connectivity index (χ0n) is 14.2. The average molecular weight is 322 g/mol. The first kappa shape index (κ1) is 15.6. The van der Waals surface area contributed by atoms with E-state index in [0.717, 1.165) is 45.3 Å². The van der Waals surface area contributed by atoms with Gasteiger partial charge in [-0.25, -0.2) is 0 Å². The molecule has 0 radical (unpaired) electrons. The highest BCUT2D eigenvalue weighted by Crippen LogP contribution is 2.27. The summed E-state index contributed by atoms with van der Waals surface area (Å²) in [5, 5.41) is 5.95. The van der Waals surface area contributed by atoms with E-state index in [9.17, 15) is 4.79 Å². The first-order chi connectivity index (χ1) is 11.8. The second kappa shape index (κ2) is 6.94. The lowest BCUT2D eigenvalue weighted by Gasteiger charge is -2.34. The molecule has 1 saturated heterocycles. The Balaban J connectivity index is 1.33. The minimum atomic E-state index is 0.300. The largest absolute Gasteiger partial charge is 0.353 e. The van der Waals surface area contributed by atoms with Crippen LogP contribution in [0.4, 0.5) is 0 Å². The molecule has 0 spiro atoms. The number of hydrogen-bond donors (Lipinski definition) is 1. The summed E-state index contributed by atoms with van der Waals surface area (Å²) in [7, 11) is 0. The number of nitrogens with one attached hydrogen (secondary N) is 1. The Morgan fingerprint density at radius 3 is 2.50 bits per heavy atom. The van der Waals surface area contributed by atoms with Crippen LogP contribution in [0.3, 0.4) is 0 Å². The van der Waals surface area contributed by atoms with Crippen molar-refractivity contribution >= 4 is 16.7 Å². The minimum absolute atomic E-state index is 0.300.